The van der Waals surface area contributed by atoms with Crippen molar-refractivity contribution in [2.45, 2.75) is 65.0 Å². The normalized spacial score (nSPS) is 22.1. The number of guanidine groups is 1. The van der Waals surface area contributed by atoms with Crippen LogP contribution in [0.15, 0.2) is 29.3 Å². The highest BCUT2D eigenvalue weighted by Crippen LogP contribution is 2.30. The zero-order valence-electron chi connectivity index (χ0n) is 17.8. The van der Waals surface area contributed by atoms with Gasteiger partial charge >= 0.3 is 5.97 Å². The van der Waals surface area contributed by atoms with Gasteiger partial charge in [0.15, 0.2) is 5.96 Å². The van der Waals surface area contributed by atoms with Crippen LogP contribution in [-0.4, -0.2) is 37.7 Å². The summed E-state index contributed by atoms with van der Waals surface area (Å²) in [6.07, 6.45) is 6.21. The summed E-state index contributed by atoms with van der Waals surface area (Å²) in [6, 6.07) is 8.50. The Kier molecular flexibility index (Phi) is 8.20. The van der Waals surface area contributed by atoms with Gasteiger partial charge in [0.25, 0.3) is 0 Å². The van der Waals surface area contributed by atoms with Crippen LogP contribution in [0.4, 0.5) is 0 Å². The van der Waals surface area contributed by atoms with Gasteiger partial charge in [0, 0.05) is 18.2 Å². The second-order valence-corrected chi connectivity index (χ2v) is 8.00. The van der Waals surface area contributed by atoms with E-state index in [0.29, 0.717) is 19.2 Å². The molecule has 2 aliphatic carbocycles. The molecule has 0 saturated heterocycles. The number of para-hydroxylation sites is 1. The second kappa shape index (κ2) is 11.1. The van der Waals surface area contributed by atoms with Crippen molar-refractivity contribution in [2.24, 2.45) is 16.8 Å². The Balaban J connectivity index is 1.53. The molecule has 0 bridgehead atoms. The molecule has 2 saturated carbocycles. The van der Waals surface area contributed by atoms with Crippen molar-refractivity contribution >= 4 is 11.9 Å². The molecule has 6 nitrogen and oxygen atoms in total. The van der Waals surface area contributed by atoms with Crippen LogP contribution in [0.3, 0.4) is 0 Å². The van der Waals surface area contributed by atoms with Crippen molar-refractivity contribution in [3.63, 3.8) is 0 Å². The van der Waals surface area contributed by atoms with Crippen molar-refractivity contribution < 1.29 is 14.3 Å². The van der Waals surface area contributed by atoms with E-state index < -0.39 is 0 Å². The fourth-order valence-electron chi connectivity index (χ4n) is 3.68. The number of hydrogen-bond donors (Lipinski definition) is 2. The maximum Gasteiger partial charge on any atom is 0.308 e. The summed E-state index contributed by atoms with van der Waals surface area (Å²) in [5.74, 6) is 2.49. The van der Waals surface area contributed by atoms with Gasteiger partial charge in [-0.25, -0.2) is 4.99 Å². The van der Waals surface area contributed by atoms with Gasteiger partial charge in [-0.3, -0.25) is 4.79 Å². The number of rotatable bonds is 9. The number of carbonyl (C=O) groups is 1. The van der Waals surface area contributed by atoms with Crippen molar-refractivity contribution in [1.82, 2.24) is 10.6 Å². The number of aliphatic imine (C=N–C) groups is 1. The summed E-state index contributed by atoms with van der Waals surface area (Å²) in [5, 5.41) is 6.88. The Morgan fingerprint density at radius 2 is 1.86 bits per heavy atom. The van der Waals surface area contributed by atoms with Crippen molar-refractivity contribution in [3.05, 3.63) is 29.8 Å². The Labute approximate surface area is 174 Å². The smallest absolute Gasteiger partial charge is 0.308 e. The third-order valence-electron chi connectivity index (χ3n) is 5.58. The summed E-state index contributed by atoms with van der Waals surface area (Å²) in [5.41, 5.74) is 1.11. The minimum atomic E-state index is -0.0469. The van der Waals surface area contributed by atoms with Gasteiger partial charge < -0.3 is 20.1 Å². The van der Waals surface area contributed by atoms with Crippen LogP contribution in [-0.2, 0) is 16.1 Å². The van der Waals surface area contributed by atoms with Gasteiger partial charge in [-0.15, -0.1) is 0 Å². The minimum Gasteiger partial charge on any atom is -0.493 e. The molecule has 0 spiro atoms. The van der Waals surface area contributed by atoms with Gasteiger partial charge in [-0.05, 0) is 64.4 Å². The summed E-state index contributed by atoms with van der Waals surface area (Å²) in [6.45, 7) is 6.59. The largest absolute Gasteiger partial charge is 0.493 e. The maximum absolute atomic E-state index is 11.9. The lowest BCUT2D eigenvalue weighted by atomic mass is 9.86. The highest BCUT2D eigenvalue weighted by atomic mass is 16.5. The summed E-state index contributed by atoms with van der Waals surface area (Å²) < 4.78 is 11.2. The number of nitrogens with zero attached hydrogens (tertiary/aromatic N) is 1. The first-order chi connectivity index (χ1) is 14.2. The van der Waals surface area contributed by atoms with Crippen LogP contribution in [0.25, 0.3) is 0 Å². The van der Waals surface area contributed by atoms with Gasteiger partial charge in [0.05, 0.1) is 25.7 Å². The average Bonchev–Trinajstić information content (AvgIpc) is 3.56. The molecule has 2 aliphatic rings. The number of carbonyl (C=O) groups excluding carboxylic acids is 1. The third kappa shape index (κ3) is 6.94. The molecule has 0 unspecified atom stereocenters. The van der Waals surface area contributed by atoms with Crippen LogP contribution < -0.4 is 15.4 Å². The topological polar surface area (TPSA) is 72.0 Å². The second-order valence-electron chi connectivity index (χ2n) is 8.00. The molecule has 0 atom stereocenters. The lowest BCUT2D eigenvalue weighted by Gasteiger charge is -2.29. The molecule has 0 heterocycles. The molecule has 0 aliphatic heterocycles. The summed E-state index contributed by atoms with van der Waals surface area (Å²) in [7, 11) is 0. The molecule has 0 radical (unpaired) electrons. The Hall–Kier alpha value is -2.24. The standard InChI is InChI=1S/C23H35N3O3/c1-3-24-23(26-20-13-11-18(12-14-20)22(27)28-4-2)25-15-19-7-5-6-8-21(19)29-16-17-9-10-17/h5-8,17-18,20H,3-4,9-16H2,1-2H3,(H2,24,25,26). The highest BCUT2D eigenvalue weighted by Gasteiger charge is 2.27. The zero-order chi connectivity index (χ0) is 20.5. The average molecular weight is 402 g/mol. The molecule has 1 aromatic carbocycles. The van der Waals surface area contributed by atoms with E-state index >= 15 is 0 Å². The predicted octanol–water partition coefficient (Wildman–Crippen LogP) is 3.65. The van der Waals surface area contributed by atoms with E-state index in [0.717, 1.165) is 62.0 Å². The van der Waals surface area contributed by atoms with Crippen molar-refractivity contribution in [3.8, 4) is 5.75 Å². The van der Waals surface area contributed by atoms with E-state index in [4.69, 9.17) is 14.5 Å². The van der Waals surface area contributed by atoms with Gasteiger partial charge in [0.1, 0.15) is 5.75 Å². The lowest BCUT2D eigenvalue weighted by molar-refractivity contribution is -0.149. The van der Waals surface area contributed by atoms with Gasteiger partial charge in [-0.1, -0.05) is 18.2 Å². The molecule has 3 rings (SSSR count). The van der Waals surface area contributed by atoms with E-state index in [1.165, 1.54) is 12.8 Å². The summed E-state index contributed by atoms with van der Waals surface area (Å²) >= 11 is 0. The number of esters is 1. The molecule has 160 valence electrons. The van der Waals surface area contributed by atoms with Crippen LogP contribution in [0, 0.1) is 11.8 Å². The van der Waals surface area contributed by atoms with E-state index in [1.807, 2.05) is 25.1 Å². The first-order valence-corrected chi connectivity index (χ1v) is 11.1. The zero-order valence-corrected chi connectivity index (χ0v) is 17.8. The quantitative estimate of drug-likeness (QED) is 0.375. The SMILES string of the molecule is CCNC(=NCc1ccccc1OCC1CC1)NC1CCC(C(=O)OCC)CC1. The summed E-state index contributed by atoms with van der Waals surface area (Å²) in [4.78, 5) is 16.7. The molecule has 0 amide bonds. The molecule has 6 heteroatoms. The molecular formula is C23H35N3O3. The molecule has 29 heavy (non-hydrogen) atoms. The Bertz CT molecular complexity index is 680. The van der Waals surface area contributed by atoms with Crippen molar-refractivity contribution in [2.75, 3.05) is 19.8 Å². The van der Waals surface area contributed by atoms with Crippen molar-refractivity contribution in [1.29, 1.82) is 0 Å². The first kappa shape index (κ1) is 21.5. The number of hydrogen-bond acceptors (Lipinski definition) is 4. The van der Waals surface area contributed by atoms with Crippen LogP contribution >= 0.6 is 0 Å². The van der Waals surface area contributed by atoms with E-state index in [2.05, 4.69) is 23.6 Å². The third-order valence-corrected chi connectivity index (χ3v) is 5.58. The van der Waals surface area contributed by atoms with E-state index in [9.17, 15) is 4.79 Å². The van der Waals surface area contributed by atoms with Crippen LogP contribution in [0.5, 0.6) is 5.75 Å². The van der Waals surface area contributed by atoms with Gasteiger partial charge in [-0.2, -0.15) is 0 Å². The molecule has 1 aromatic rings. The highest BCUT2D eigenvalue weighted by molar-refractivity contribution is 5.80. The molecule has 0 aromatic heterocycles. The Morgan fingerprint density at radius 3 is 2.55 bits per heavy atom. The fraction of sp³-hybridized carbons (Fsp3) is 0.652. The molecular weight excluding hydrogens is 366 g/mol. The maximum atomic E-state index is 11.9. The fourth-order valence-corrected chi connectivity index (χ4v) is 3.68. The van der Waals surface area contributed by atoms with Crippen LogP contribution in [0.1, 0.15) is 57.9 Å². The monoisotopic (exact) mass is 401 g/mol. The number of benzene rings is 1. The number of ether oxygens (including phenoxy) is 2. The molecule has 2 N–H and O–H groups in total. The van der Waals surface area contributed by atoms with E-state index in [-0.39, 0.29) is 11.9 Å². The van der Waals surface area contributed by atoms with Gasteiger partial charge in [0.2, 0.25) is 0 Å². The Morgan fingerprint density at radius 1 is 1.10 bits per heavy atom. The van der Waals surface area contributed by atoms with E-state index in [1.54, 1.807) is 0 Å². The number of nitrogens with one attached hydrogen (secondary N) is 2. The van der Waals surface area contributed by atoms with Crippen LogP contribution in [0.2, 0.25) is 0 Å². The molecule has 2 fully saturated rings. The lowest BCUT2D eigenvalue weighted by Crippen LogP contribution is -2.45. The minimum absolute atomic E-state index is 0.0445. The predicted molar refractivity (Wildman–Crippen MR) is 115 cm³/mol. The first-order valence-electron chi connectivity index (χ1n) is 11.1.